The molecule has 0 bridgehead atoms. The molecule has 0 aliphatic heterocycles. The van der Waals surface area contributed by atoms with Gasteiger partial charge in [-0.05, 0) is 18.9 Å². The first-order valence-electron chi connectivity index (χ1n) is 4.69. The summed E-state index contributed by atoms with van der Waals surface area (Å²) in [5.74, 6) is 0. The fraction of sp³-hybridized carbons (Fsp3) is 1.00. The van der Waals surface area contributed by atoms with Gasteiger partial charge in [0.05, 0.1) is 6.10 Å². The molecule has 2 heteroatoms. The summed E-state index contributed by atoms with van der Waals surface area (Å²) >= 11 is 0. The molecule has 0 rings (SSSR count). The number of ether oxygens (including phenoxy) is 1. The normalized spacial score (nSPS) is 17.5. The van der Waals surface area contributed by atoms with Gasteiger partial charge in [-0.1, -0.05) is 27.7 Å². The third-order valence-electron chi connectivity index (χ3n) is 2.09. The van der Waals surface area contributed by atoms with Crippen LogP contribution in [0.4, 0.5) is 0 Å². The van der Waals surface area contributed by atoms with Crippen molar-refractivity contribution >= 4 is 0 Å². The second-order valence-electron chi connectivity index (χ2n) is 4.37. The van der Waals surface area contributed by atoms with Crippen LogP contribution >= 0.6 is 0 Å². The molecule has 0 aromatic heterocycles. The van der Waals surface area contributed by atoms with Crippen molar-refractivity contribution in [1.29, 1.82) is 0 Å². The summed E-state index contributed by atoms with van der Waals surface area (Å²) in [4.78, 5) is 0. The summed E-state index contributed by atoms with van der Waals surface area (Å²) in [7, 11) is 1.78. The number of likely N-dealkylation sites (N-methyl/N-ethyl adjacent to an activating group) is 1. The first kappa shape index (κ1) is 11.9. The highest BCUT2D eigenvalue weighted by Gasteiger charge is 2.28. The summed E-state index contributed by atoms with van der Waals surface area (Å²) in [6.45, 7) is 11.9. The maximum Gasteiger partial charge on any atom is 0.0769 e. The van der Waals surface area contributed by atoms with Gasteiger partial charge in [-0.25, -0.2) is 0 Å². The van der Waals surface area contributed by atoms with Crippen molar-refractivity contribution in [2.45, 2.75) is 46.8 Å². The first-order chi connectivity index (χ1) is 5.43. The Bertz CT molecular complexity index is 117. The molecular formula is C10H23NO. The fourth-order valence-electron chi connectivity index (χ4n) is 1.74. The van der Waals surface area contributed by atoms with Crippen LogP contribution < -0.4 is 5.32 Å². The van der Waals surface area contributed by atoms with Crippen LogP contribution in [-0.4, -0.2) is 25.8 Å². The van der Waals surface area contributed by atoms with Gasteiger partial charge in [0.2, 0.25) is 0 Å². The predicted molar refractivity (Wildman–Crippen MR) is 53.4 cm³/mol. The lowest BCUT2D eigenvalue weighted by Crippen LogP contribution is -2.45. The smallest absolute Gasteiger partial charge is 0.0769 e. The van der Waals surface area contributed by atoms with Crippen LogP contribution in [0.25, 0.3) is 0 Å². The van der Waals surface area contributed by atoms with E-state index in [4.69, 9.17) is 4.74 Å². The Balaban J connectivity index is 4.14. The van der Waals surface area contributed by atoms with E-state index < -0.39 is 0 Å². The van der Waals surface area contributed by atoms with Crippen molar-refractivity contribution in [2.75, 3.05) is 13.7 Å². The number of hydrogen-bond donors (Lipinski definition) is 1. The van der Waals surface area contributed by atoms with E-state index in [2.05, 4.69) is 39.9 Å². The molecule has 0 radical (unpaired) electrons. The van der Waals surface area contributed by atoms with Crippen molar-refractivity contribution in [2.24, 2.45) is 5.41 Å². The van der Waals surface area contributed by atoms with Gasteiger partial charge in [-0.3, -0.25) is 0 Å². The molecule has 0 amide bonds. The molecule has 0 saturated heterocycles. The van der Waals surface area contributed by atoms with Crippen molar-refractivity contribution in [1.82, 2.24) is 5.32 Å². The molecule has 12 heavy (non-hydrogen) atoms. The summed E-state index contributed by atoms with van der Waals surface area (Å²) in [5, 5.41) is 3.38. The van der Waals surface area contributed by atoms with Crippen LogP contribution in [-0.2, 0) is 4.74 Å². The summed E-state index contributed by atoms with van der Waals surface area (Å²) in [5.41, 5.74) is 0.205. The van der Waals surface area contributed by atoms with E-state index in [-0.39, 0.29) is 11.5 Å². The molecule has 0 saturated carbocycles. The van der Waals surface area contributed by atoms with E-state index in [0.717, 1.165) is 6.54 Å². The quantitative estimate of drug-likeness (QED) is 0.702. The predicted octanol–water partition coefficient (Wildman–Crippen LogP) is 2.05. The van der Waals surface area contributed by atoms with Crippen LogP contribution in [0.15, 0.2) is 0 Å². The fourth-order valence-corrected chi connectivity index (χ4v) is 1.74. The average molecular weight is 173 g/mol. The lowest BCUT2D eigenvalue weighted by atomic mass is 9.85. The molecule has 0 aliphatic carbocycles. The highest BCUT2D eigenvalue weighted by atomic mass is 16.5. The maximum atomic E-state index is 5.47. The molecule has 0 spiro atoms. The van der Waals surface area contributed by atoms with E-state index in [0.29, 0.717) is 6.04 Å². The number of hydrogen-bond acceptors (Lipinski definition) is 2. The third-order valence-corrected chi connectivity index (χ3v) is 2.09. The molecule has 0 aliphatic rings. The molecule has 2 nitrogen and oxygen atoms in total. The zero-order valence-electron chi connectivity index (χ0n) is 9.27. The number of rotatable bonds is 4. The van der Waals surface area contributed by atoms with Crippen LogP contribution in [0.1, 0.15) is 34.6 Å². The SMILES string of the molecule is CCNC(C)C(OC)C(C)(C)C. The van der Waals surface area contributed by atoms with Gasteiger partial charge in [0.15, 0.2) is 0 Å². The van der Waals surface area contributed by atoms with E-state index >= 15 is 0 Å². The van der Waals surface area contributed by atoms with E-state index in [1.807, 2.05) is 0 Å². The van der Waals surface area contributed by atoms with Gasteiger partial charge >= 0.3 is 0 Å². The molecule has 74 valence electrons. The average Bonchev–Trinajstić information content (AvgIpc) is 1.85. The van der Waals surface area contributed by atoms with Crippen LogP contribution in [0, 0.1) is 5.41 Å². The minimum atomic E-state index is 0.205. The molecular weight excluding hydrogens is 150 g/mol. The lowest BCUT2D eigenvalue weighted by Gasteiger charge is -2.34. The highest BCUT2D eigenvalue weighted by molar-refractivity contribution is 4.82. The van der Waals surface area contributed by atoms with Crippen molar-refractivity contribution < 1.29 is 4.74 Å². The topological polar surface area (TPSA) is 21.3 Å². The molecule has 0 fully saturated rings. The van der Waals surface area contributed by atoms with E-state index in [1.165, 1.54) is 0 Å². The molecule has 0 aromatic carbocycles. The largest absolute Gasteiger partial charge is 0.379 e. The second kappa shape index (κ2) is 4.83. The Morgan fingerprint density at radius 2 is 1.83 bits per heavy atom. The van der Waals surface area contributed by atoms with E-state index in [9.17, 15) is 0 Å². The first-order valence-corrected chi connectivity index (χ1v) is 4.69. The minimum Gasteiger partial charge on any atom is -0.379 e. The Kier molecular flexibility index (Phi) is 4.80. The standard InChI is InChI=1S/C10H23NO/c1-7-11-8(2)9(12-6)10(3,4)5/h8-9,11H,7H2,1-6H3. The summed E-state index contributed by atoms with van der Waals surface area (Å²) < 4.78 is 5.47. The number of nitrogens with one attached hydrogen (secondary N) is 1. The Morgan fingerprint density at radius 3 is 2.08 bits per heavy atom. The second-order valence-corrected chi connectivity index (χ2v) is 4.37. The van der Waals surface area contributed by atoms with Crippen molar-refractivity contribution in [3.8, 4) is 0 Å². The monoisotopic (exact) mass is 173 g/mol. The molecule has 0 heterocycles. The van der Waals surface area contributed by atoms with Gasteiger partial charge in [-0.15, -0.1) is 0 Å². The number of methoxy groups -OCH3 is 1. The highest BCUT2D eigenvalue weighted by Crippen LogP contribution is 2.24. The molecule has 2 atom stereocenters. The molecule has 1 N–H and O–H groups in total. The minimum absolute atomic E-state index is 0.205. The van der Waals surface area contributed by atoms with Crippen molar-refractivity contribution in [3.05, 3.63) is 0 Å². The van der Waals surface area contributed by atoms with Gasteiger partial charge in [-0.2, -0.15) is 0 Å². The van der Waals surface area contributed by atoms with Gasteiger partial charge < -0.3 is 10.1 Å². The molecule has 0 aromatic rings. The maximum absolute atomic E-state index is 5.47. The third kappa shape index (κ3) is 3.55. The Hall–Kier alpha value is -0.0800. The van der Waals surface area contributed by atoms with Gasteiger partial charge in [0.1, 0.15) is 0 Å². The van der Waals surface area contributed by atoms with E-state index in [1.54, 1.807) is 7.11 Å². The van der Waals surface area contributed by atoms with Crippen LogP contribution in [0.2, 0.25) is 0 Å². The van der Waals surface area contributed by atoms with Crippen LogP contribution in [0.3, 0.4) is 0 Å². The Labute approximate surface area is 76.7 Å². The molecule has 2 unspecified atom stereocenters. The zero-order chi connectivity index (χ0) is 9.78. The lowest BCUT2D eigenvalue weighted by molar-refractivity contribution is -0.00615. The summed E-state index contributed by atoms with van der Waals surface area (Å²) in [6, 6.07) is 0.417. The zero-order valence-corrected chi connectivity index (χ0v) is 9.27. The van der Waals surface area contributed by atoms with Crippen LogP contribution in [0.5, 0.6) is 0 Å². The summed E-state index contributed by atoms with van der Waals surface area (Å²) in [6.07, 6.45) is 0.275. The van der Waals surface area contributed by atoms with Crippen molar-refractivity contribution in [3.63, 3.8) is 0 Å². The van der Waals surface area contributed by atoms with Gasteiger partial charge in [0, 0.05) is 13.2 Å². The Morgan fingerprint density at radius 1 is 1.33 bits per heavy atom. The van der Waals surface area contributed by atoms with Gasteiger partial charge in [0.25, 0.3) is 0 Å².